The lowest BCUT2D eigenvalue weighted by atomic mass is 10.0. The van der Waals surface area contributed by atoms with Gasteiger partial charge in [0.05, 0.1) is 13.0 Å². The van der Waals surface area contributed by atoms with Crippen molar-refractivity contribution in [2.24, 2.45) is 5.73 Å². The Bertz CT molecular complexity index is 385. The normalized spacial score (nSPS) is 11.5. The third kappa shape index (κ3) is 4.71. The van der Waals surface area contributed by atoms with E-state index >= 15 is 0 Å². The number of carbonyl (C=O) groups excluding carboxylic acids is 1. The first-order valence-electron chi connectivity index (χ1n) is 5.21. The van der Waals surface area contributed by atoms with E-state index in [1.54, 1.807) is 26.0 Å². The molecular formula is C12H17ClFNO2. The molecule has 1 atom stereocenters. The molecule has 0 fully saturated rings. The predicted molar refractivity (Wildman–Crippen MR) is 66.6 cm³/mol. The van der Waals surface area contributed by atoms with Crippen LogP contribution in [0.25, 0.3) is 0 Å². The van der Waals surface area contributed by atoms with Crippen LogP contribution in [0.5, 0.6) is 0 Å². The molecule has 0 aliphatic carbocycles. The first kappa shape index (κ1) is 15.9. The molecule has 1 aromatic carbocycles. The number of esters is 1. The number of nitrogens with two attached hydrogens (primary N) is 1. The molecule has 0 radical (unpaired) electrons. The second-order valence-corrected chi connectivity index (χ2v) is 3.64. The SMILES string of the molecule is CCOC(=O)C[C@@H](N)c1ccc(C)cc1F.Cl. The second kappa shape index (κ2) is 7.25. The van der Waals surface area contributed by atoms with Crippen molar-refractivity contribution in [2.45, 2.75) is 26.3 Å². The zero-order chi connectivity index (χ0) is 12.1. The molecule has 0 aromatic heterocycles. The minimum atomic E-state index is -0.653. The van der Waals surface area contributed by atoms with Gasteiger partial charge in [-0.1, -0.05) is 12.1 Å². The third-order valence-corrected chi connectivity index (χ3v) is 2.25. The molecule has 0 bridgehead atoms. The quantitative estimate of drug-likeness (QED) is 0.848. The van der Waals surface area contributed by atoms with Crippen LogP contribution in [0.4, 0.5) is 4.39 Å². The van der Waals surface area contributed by atoms with Crippen LogP contribution in [-0.4, -0.2) is 12.6 Å². The van der Waals surface area contributed by atoms with Crippen LogP contribution in [0, 0.1) is 12.7 Å². The highest BCUT2D eigenvalue weighted by atomic mass is 35.5. The van der Waals surface area contributed by atoms with Crippen LogP contribution < -0.4 is 5.73 Å². The fraction of sp³-hybridized carbons (Fsp3) is 0.417. The summed E-state index contributed by atoms with van der Waals surface area (Å²) < 4.78 is 18.3. The topological polar surface area (TPSA) is 52.3 Å². The average molecular weight is 262 g/mol. The van der Waals surface area contributed by atoms with Gasteiger partial charge < -0.3 is 10.5 Å². The van der Waals surface area contributed by atoms with Crippen molar-refractivity contribution in [3.63, 3.8) is 0 Å². The van der Waals surface area contributed by atoms with Crippen molar-refractivity contribution in [1.82, 2.24) is 0 Å². The van der Waals surface area contributed by atoms with E-state index in [9.17, 15) is 9.18 Å². The van der Waals surface area contributed by atoms with Crippen LogP contribution >= 0.6 is 12.4 Å². The first-order chi connectivity index (χ1) is 7.54. The Morgan fingerprint density at radius 2 is 2.18 bits per heavy atom. The van der Waals surface area contributed by atoms with E-state index in [0.717, 1.165) is 5.56 Å². The summed E-state index contributed by atoms with van der Waals surface area (Å²) in [4.78, 5) is 11.2. The highest BCUT2D eigenvalue weighted by Crippen LogP contribution is 2.19. The van der Waals surface area contributed by atoms with Gasteiger partial charge in [-0.25, -0.2) is 4.39 Å². The Hall–Kier alpha value is -1.13. The molecule has 2 N–H and O–H groups in total. The molecule has 0 heterocycles. The largest absolute Gasteiger partial charge is 0.466 e. The summed E-state index contributed by atoms with van der Waals surface area (Å²) in [7, 11) is 0. The van der Waals surface area contributed by atoms with Gasteiger partial charge in [0, 0.05) is 11.6 Å². The lowest BCUT2D eigenvalue weighted by Gasteiger charge is -2.12. The van der Waals surface area contributed by atoms with E-state index in [-0.39, 0.29) is 24.6 Å². The number of hydrogen-bond acceptors (Lipinski definition) is 3. The van der Waals surface area contributed by atoms with E-state index in [0.29, 0.717) is 12.2 Å². The van der Waals surface area contributed by atoms with Crippen LogP contribution in [0.3, 0.4) is 0 Å². The Balaban J connectivity index is 0.00000256. The Morgan fingerprint density at radius 3 is 2.71 bits per heavy atom. The summed E-state index contributed by atoms with van der Waals surface area (Å²) in [5.74, 6) is -0.785. The van der Waals surface area contributed by atoms with Gasteiger partial charge in [-0.2, -0.15) is 0 Å². The zero-order valence-corrected chi connectivity index (χ0v) is 10.7. The van der Waals surface area contributed by atoms with E-state index in [2.05, 4.69) is 0 Å². The van der Waals surface area contributed by atoms with Crippen molar-refractivity contribution in [3.8, 4) is 0 Å². The lowest BCUT2D eigenvalue weighted by Crippen LogP contribution is -2.18. The van der Waals surface area contributed by atoms with Crippen molar-refractivity contribution >= 4 is 18.4 Å². The fourth-order valence-corrected chi connectivity index (χ4v) is 1.44. The molecule has 1 rings (SSSR count). The summed E-state index contributed by atoms with van der Waals surface area (Å²) in [6, 6.07) is 4.12. The summed E-state index contributed by atoms with van der Waals surface area (Å²) in [5, 5.41) is 0. The van der Waals surface area contributed by atoms with Crippen LogP contribution in [0.2, 0.25) is 0 Å². The monoisotopic (exact) mass is 261 g/mol. The molecular weight excluding hydrogens is 245 g/mol. The van der Waals surface area contributed by atoms with Crippen molar-refractivity contribution < 1.29 is 13.9 Å². The number of benzene rings is 1. The molecule has 0 aliphatic rings. The second-order valence-electron chi connectivity index (χ2n) is 3.64. The van der Waals surface area contributed by atoms with Crippen LogP contribution in [-0.2, 0) is 9.53 Å². The number of rotatable bonds is 4. The van der Waals surface area contributed by atoms with Crippen molar-refractivity contribution in [3.05, 3.63) is 35.1 Å². The molecule has 0 unspecified atom stereocenters. The molecule has 0 amide bonds. The molecule has 5 heteroatoms. The van der Waals surface area contributed by atoms with Gasteiger partial charge >= 0.3 is 5.97 Å². The highest BCUT2D eigenvalue weighted by molar-refractivity contribution is 5.85. The summed E-state index contributed by atoms with van der Waals surface area (Å²) in [6.45, 7) is 3.82. The number of ether oxygens (including phenoxy) is 1. The molecule has 17 heavy (non-hydrogen) atoms. The fourth-order valence-electron chi connectivity index (χ4n) is 1.44. The molecule has 0 aliphatic heterocycles. The number of carbonyl (C=O) groups is 1. The van der Waals surface area contributed by atoms with Gasteiger partial charge in [-0.3, -0.25) is 4.79 Å². The van der Waals surface area contributed by atoms with Gasteiger partial charge in [0.15, 0.2) is 0 Å². The van der Waals surface area contributed by atoms with E-state index in [1.807, 2.05) is 0 Å². The lowest BCUT2D eigenvalue weighted by molar-refractivity contribution is -0.143. The summed E-state index contributed by atoms with van der Waals surface area (Å²) in [5.41, 5.74) is 6.91. The van der Waals surface area contributed by atoms with E-state index < -0.39 is 12.0 Å². The maximum Gasteiger partial charge on any atom is 0.307 e. The van der Waals surface area contributed by atoms with Gasteiger partial charge in [-0.15, -0.1) is 12.4 Å². The Labute approximate surface area is 107 Å². The van der Waals surface area contributed by atoms with E-state index in [4.69, 9.17) is 10.5 Å². The molecule has 3 nitrogen and oxygen atoms in total. The third-order valence-electron chi connectivity index (χ3n) is 2.25. The molecule has 0 saturated carbocycles. The summed E-state index contributed by atoms with van der Waals surface area (Å²) in [6.07, 6.45) is -0.00613. The number of halogens is 2. The molecule has 96 valence electrons. The zero-order valence-electron chi connectivity index (χ0n) is 9.90. The molecule has 0 spiro atoms. The molecule has 0 saturated heterocycles. The smallest absolute Gasteiger partial charge is 0.307 e. The Morgan fingerprint density at radius 1 is 1.53 bits per heavy atom. The van der Waals surface area contributed by atoms with Crippen LogP contribution in [0.15, 0.2) is 18.2 Å². The maximum absolute atomic E-state index is 13.5. The van der Waals surface area contributed by atoms with Gasteiger partial charge in [0.2, 0.25) is 0 Å². The van der Waals surface area contributed by atoms with E-state index in [1.165, 1.54) is 6.07 Å². The average Bonchev–Trinajstić information content (AvgIpc) is 2.17. The minimum absolute atomic E-state index is 0. The van der Waals surface area contributed by atoms with Gasteiger partial charge in [0.1, 0.15) is 5.82 Å². The predicted octanol–water partition coefficient (Wildman–Crippen LogP) is 2.51. The van der Waals surface area contributed by atoms with Crippen LogP contribution in [0.1, 0.15) is 30.5 Å². The Kier molecular flexibility index (Phi) is 6.76. The number of aryl methyl sites for hydroxylation is 1. The standard InChI is InChI=1S/C12H16FNO2.ClH/c1-3-16-12(15)7-11(14)9-5-4-8(2)6-10(9)13;/h4-6,11H,3,7,14H2,1-2H3;1H/t11-;/m1./s1. The highest BCUT2D eigenvalue weighted by Gasteiger charge is 2.15. The van der Waals surface area contributed by atoms with Gasteiger partial charge in [-0.05, 0) is 25.5 Å². The number of hydrogen-bond donors (Lipinski definition) is 1. The maximum atomic E-state index is 13.5. The first-order valence-corrected chi connectivity index (χ1v) is 5.21. The van der Waals surface area contributed by atoms with Crippen molar-refractivity contribution in [2.75, 3.05) is 6.61 Å². The van der Waals surface area contributed by atoms with Crippen molar-refractivity contribution in [1.29, 1.82) is 0 Å². The summed E-state index contributed by atoms with van der Waals surface area (Å²) >= 11 is 0. The molecule has 1 aromatic rings. The minimum Gasteiger partial charge on any atom is -0.466 e. The van der Waals surface area contributed by atoms with Gasteiger partial charge in [0.25, 0.3) is 0 Å².